The first-order valence-corrected chi connectivity index (χ1v) is 6.29. The Bertz CT molecular complexity index is 620. The molecule has 0 bridgehead atoms. The SMILES string of the molecule is NOC(=O)c1ccccc1NC(=O)/C=C/C1C=CC=CN1. The normalized spacial score (nSPS) is 16.5. The summed E-state index contributed by atoms with van der Waals surface area (Å²) in [6.07, 6.45) is 10.5. The fraction of sp³-hybridized carbons (Fsp3) is 0.0667. The lowest BCUT2D eigenvalue weighted by Crippen LogP contribution is -2.22. The Morgan fingerprint density at radius 1 is 1.29 bits per heavy atom. The summed E-state index contributed by atoms with van der Waals surface area (Å²) in [4.78, 5) is 27.5. The predicted molar refractivity (Wildman–Crippen MR) is 79.0 cm³/mol. The summed E-state index contributed by atoms with van der Waals surface area (Å²) in [5, 5.41) is 5.67. The van der Waals surface area contributed by atoms with Crippen LogP contribution in [0.25, 0.3) is 0 Å². The number of benzene rings is 1. The second-order valence-corrected chi connectivity index (χ2v) is 4.24. The van der Waals surface area contributed by atoms with Crippen molar-refractivity contribution in [3.05, 3.63) is 66.4 Å². The lowest BCUT2D eigenvalue weighted by Gasteiger charge is -2.11. The van der Waals surface area contributed by atoms with Crippen LogP contribution >= 0.6 is 0 Å². The number of allylic oxidation sites excluding steroid dienone is 2. The van der Waals surface area contributed by atoms with Crippen LogP contribution in [0.1, 0.15) is 10.4 Å². The number of para-hydroxylation sites is 1. The maximum Gasteiger partial charge on any atom is 0.358 e. The third-order valence-electron chi connectivity index (χ3n) is 2.78. The number of hydrogen-bond acceptors (Lipinski definition) is 5. The van der Waals surface area contributed by atoms with E-state index in [1.54, 1.807) is 30.5 Å². The molecule has 6 nitrogen and oxygen atoms in total. The van der Waals surface area contributed by atoms with Crippen LogP contribution < -0.4 is 16.5 Å². The summed E-state index contributed by atoms with van der Waals surface area (Å²) >= 11 is 0. The van der Waals surface area contributed by atoms with Crippen molar-refractivity contribution in [3.8, 4) is 0 Å². The van der Waals surface area contributed by atoms with Gasteiger partial charge in [0.1, 0.15) is 0 Å². The number of nitrogens with one attached hydrogen (secondary N) is 2. The fourth-order valence-electron chi connectivity index (χ4n) is 1.78. The Kier molecular flexibility index (Phi) is 4.89. The average Bonchev–Trinajstić information content (AvgIpc) is 2.54. The van der Waals surface area contributed by atoms with Gasteiger partial charge >= 0.3 is 5.97 Å². The molecule has 1 aromatic carbocycles. The molecule has 2 rings (SSSR count). The minimum atomic E-state index is -0.711. The molecule has 0 radical (unpaired) electrons. The zero-order valence-electron chi connectivity index (χ0n) is 11.2. The quantitative estimate of drug-likeness (QED) is 0.572. The zero-order chi connectivity index (χ0) is 15.1. The number of carbonyl (C=O) groups excluding carboxylic acids is 2. The Balaban J connectivity index is 2.03. The van der Waals surface area contributed by atoms with E-state index in [-0.39, 0.29) is 17.5 Å². The van der Waals surface area contributed by atoms with Crippen molar-refractivity contribution >= 4 is 17.6 Å². The van der Waals surface area contributed by atoms with Crippen LogP contribution in [0.2, 0.25) is 0 Å². The first-order chi connectivity index (χ1) is 10.2. The Morgan fingerprint density at radius 3 is 2.81 bits per heavy atom. The van der Waals surface area contributed by atoms with Crippen LogP contribution in [0.5, 0.6) is 0 Å². The number of anilines is 1. The highest BCUT2D eigenvalue weighted by Crippen LogP contribution is 2.15. The Labute approximate surface area is 121 Å². The number of rotatable bonds is 4. The highest BCUT2D eigenvalue weighted by Gasteiger charge is 2.12. The van der Waals surface area contributed by atoms with Gasteiger partial charge in [0, 0.05) is 6.08 Å². The molecule has 0 spiro atoms. The topological polar surface area (TPSA) is 93.4 Å². The molecule has 21 heavy (non-hydrogen) atoms. The number of carbonyl (C=O) groups is 2. The maximum atomic E-state index is 11.9. The van der Waals surface area contributed by atoms with E-state index in [1.807, 2.05) is 18.2 Å². The van der Waals surface area contributed by atoms with Crippen LogP contribution in [0.4, 0.5) is 5.69 Å². The van der Waals surface area contributed by atoms with Crippen LogP contribution in [0.3, 0.4) is 0 Å². The number of dihydropyridines is 1. The van der Waals surface area contributed by atoms with Gasteiger partial charge in [0.15, 0.2) is 0 Å². The van der Waals surface area contributed by atoms with E-state index in [4.69, 9.17) is 5.90 Å². The van der Waals surface area contributed by atoms with Gasteiger partial charge in [-0.25, -0.2) is 4.79 Å². The first-order valence-electron chi connectivity index (χ1n) is 6.29. The molecule has 1 amide bonds. The summed E-state index contributed by atoms with van der Waals surface area (Å²) in [6.45, 7) is 0. The number of hydrogen-bond donors (Lipinski definition) is 3. The summed E-state index contributed by atoms with van der Waals surface area (Å²) in [6, 6.07) is 6.43. The van der Waals surface area contributed by atoms with Crippen LogP contribution in [0.15, 0.2) is 60.8 Å². The molecule has 108 valence electrons. The summed E-state index contributed by atoms with van der Waals surface area (Å²) < 4.78 is 0. The third-order valence-corrected chi connectivity index (χ3v) is 2.78. The van der Waals surface area contributed by atoms with Crippen molar-refractivity contribution in [2.75, 3.05) is 5.32 Å². The van der Waals surface area contributed by atoms with Crippen LogP contribution in [0, 0.1) is 0 Å². The average molecular weight is 285 g/mol. The fourth-order valence-corrected chi connectivity index (χ4v) is 1.78. The van der Waals surface area contributed by atoms with Gasteiger partial charge in [-0.1, -0.05) is 30.4 Å². The minimum Gasteiger partial charge on any atom is -0.381 e. The molecule has 1 aliphatic rings. The minimum absolute atomic E-state index is 0.0370. The van der Waals surface area contributed by atoms with E-state index in [0.29, 0.717) is 5.69 Å². The molecule has 0 aromatic heterocycles. The van der Waals surface area contributed by atoms with E-state index < -0.39 is 5.97 Å². The monoisotopic (exact) mass is 285 g/mol. The van der Waals surface area contributed by atoms with Crippen LogP contribution in [-0.2, 0) is 9.63 Å². The van der Waals surface area contributed by atoms with Crippen molar-refractivity contribution in [3.63, 3.8) is 0 Å². The van der Waals surface area contributed by atoms with Crippen molar-refractivity contribution in [1.29, 1.82) is 0 Å². The summed E-state index contributed by atoms with van der Waals surface area (Å²) in [5.41, 5.74) is 0.537. The van der Waals surface area contributed by atoms with Crippen LogP contribution in [-0.4, -0.2) is 17.9 Å². The van der Waals surface area contributed by atoms with E-state index >= 15 is 0 Å². The molecule has 0 fully saturated rings. The zero-order valence-corrected chi connectivity index (χ0v) is 11.2. The predicted octanol–water partition coefficient (Wildman–Crippen LogP) is 1.25. The molecule has 1 heterocycles. The van der Waals surface area contributed by atoms with Gasteiger partial charge in [0.05, 0.1) is 17.3 Å². The number of nitrogens with two attached hydrogens (primary N) is 1. The molecule has 1 aliphatic heterocycles. The molecule has 4 N–H and O–H groups in total. The smallest absolute Gasteiger partial charge is 0.358 e. The third kappa shape index (κ3) is 4.05. The lowest BCUT2D eigenvalue weighted by molar-refractivity contribution is -0.111. The molecular formula is C15H15N3O3. The van der Waals surface area contributed by atoms with Crippen molar-refractivity contribution in [2.45, 2.75) is 6.04 Å². The lowest BCUT2D eigenvalue weighted by atomic mass is 10.1. The van der Waals surface area contributed by atoms with E-state index in [1.165, 1.54) is 12.1 Å². The molecular weight excluding hydrogens is 270 g/mol. The number of amides is 1. The highest BCUT2D eigenvalue weighted by atomic mass is 16.7. The maximum absolute atomic E-state index is 11.9. The standard InChI is InChI=1S/C15H15N3O3/c16-21-15(20)12-6-1-2-7-13(12)18-14(19)9-8-11-5-3-4-10-17-11/h1-11,17H,16H2,(H,18,19)/b9-8+. The second-order valence-electron chi connectivity index (χ2n) is 4.24. The Morgan fingerprint density at radius 2 is 2.10 bits per heavy atom. The molecule has 1 atom stereocenters. The molecule has 0 saturated carbocycles. The van der Waals surface area contributed by atoms with Gasteiger partial charge in [-0.05, 0) is 24.4 Å². The van der Waals surface area contributed by atoms with Gasteiger partial charge < -0.3 is 15.5 Å². The van der Waals surface area contributed by atoms with Crippen molar-refractivity contribution < 1.29 is 14.4 Å². The van der Waals surface area contributed by atoms with Gasteiger partial charge in [0.2, 0.25) is 5.91 Å². The summed E-state index contributed by atoms with van der Waals surface area (Å²) in [5.74, 6) is 3.80. The van der Waals surface area contributed by atoms with E-state index in [9.17, 15) is 9.59 Å². The highest BCUT2D eigenvalue weighted by molar-refractivity contribution is 6.04. The molecule has 6 heteroatoms. The van der Waals surface area contributed by atoms with Gasteiger partial charge in [-0.3, -0.25) is 4.79 Å². The van der Waals surface area contributed by atoms with Gasteiger partial charge in [0.25, 0.3) is 0 Å². The van der Waals surface area contributed by atoms with E-state index in [2.05, 4.69) is 15.5 Å². The van der Waals surface area contributed by atoms with Gasteiger partial charge in [-0.2, -0.15) is 5.90 Å². The van der Waals surface area contributed by atoms with Crippen molar-refractivity contribution in [1.82, 2.24) is 5.32 Å². The summed E-state index contributed by atoms with van der Waals surface area (Å²) in [7, 11) is 0. The van der Waals surface area contributed by atoms with Gasteiger partial charge in [-0.15, -0.1) is 0 Å². The molecule has 1 aromatic rings. The Hall–Kier alpha value is -2.86. The first kappa shape index (κ1) is 14.5. The molecule has 0 aliphatic carbocycles. The van der Waals surface area contributed by atoms with E-state index in [0.717, 1.165) is 0 Å². The largest absolute Gasteiger partial charge is 0.381 e. The molecule has 0 saturated heterocycles. The molecule has 1 unspecified atom stereocenters. The second kappa shape index (κ2) is 7.06. The van der Waals surface area contributed by atoms with Crippen molar-refractivity contribution in [2.24, 2.45) is 5.90 Å².